The Kier molecular flexibility index (Phi) is 3.56. The van der Waals surface area contributed by atoms with Crippen molar-refractivity contribution in [1.29, 1.82) is 0 Å². The summed E-state index contributed by atoms with van der Waals surface area (Å²) in [5.41, 5.74) is 6.78. The standard InChI is InChI=1S/C13H18FNO/c14-12-3-1-2-11(10-12)13(4-7-15)5-8-16-9-6-13/h1-3,10H,4-9,15H2. The third-order valence-electron chi connectivity index (χ3n) is 3.51. The Morgan fingerprint density at radius 1 is 1.31 bits per heavy atom. The van der Waals surface area contributed by atoms with E-state index in [-0.39, 0.29) is 11.2 Å². The summed E-state index contributed by atoms with van der Waals surface area (Å²) in [5, 5.41) is 0. The molecule has 2 nitrogen and oxygen atoms in total. The average molecular weight is 223 g/mol. The second-order valence-electron chi connectivity index (χ2n) is 4.44. The second-order valence-corrected chi connectivity index (χ2v) is 4.44. The van der Waals surface area contributed by atoms with Crippen molar-refractivity contribution in [2.24, 2.45) is 5.73 Å². The highest BCUT2D eigenvalue weighted by Crippen LogP contribution is 2.37. The maximum absolute atomic E-state index is 13.3. The van der Waals surface area contributed by atoms with Crippen molar-refractivity contribution in [3.05, 3.63) is 35.6 Å². The van der Waals surface area contributed by atoms with E-state index in [1.165, 1.54) is 6.07 Å². The van der Waals surface area contributed by atoms with E-state index in [1.807, 2.05) is 6.07 Å². The van der Waals surface area contributed by atoms with Gasteiger partial charge in [-0.2, -0.15) is 0 Å². The monoisotopic (exact) mass is 223 g/mol. The molecule has 1 fully saturated rings. The molecule has 1 saturated heterocycles. The van der Waals surface area contributed by atoms with Gasteiger partial charge in [-0.1, -0.05) is 12.1 Å². The summed E-state index contributed by atoms with van der Waals surface area (Å²) in [6.07, 6.45) is 2.78. The summed E-state index contributed by atoms with van der Waals surface area (Å²) in [6, 6.07) is 6.91. The molecular formula is C13H18FNO. The van der Waals surface area contributed by atoms with Crippen molar-refractivity contribution < 1.29 is 9.13 Å². The highest BCUT2D eigenvalue weighted by molar-refractivity contribution is 5.26. The van der Waals surface area contributed by atoms with E-state index < -0.39 is 0 Å². The summed E-state index contributed by atoms with van der Waals surface area (Å²) in [6.45, 7) is 2.13. The second kappa shape index (κ2) is 4.93. The summed E-state index contributed by atoms with van der Waals surface area (Å²) in [7, 11) is 0. The van der Waals surface area contributed by atoms with Gasteiger partial charge in [0.15, 0.2) is 0 Å². The summed E-state index contributed by atoms with van der Waals surface area (Å²) in [5.74, 6) is -0.166. The summed E-state index contributed by atoms with van der Waals surface area (Å²) in [4.78, 5) is 0. The SMILES string of the molecule is NCCC1(c2cccc(F)c2)CCOCC1. The van der Waals surface area contributed by atoms with Gasteiger partial charge >= 0.3 is 0 Å². The zero-order chi connectivity index (χ0) is 11.4. The Balaban J connectivity index is 2.30. The zero-order valence-corrected chi connectivity index (χ0v) is 9.42. The number of nitrogens with two attached hydrogens (primary N) is 1. The quantitative estimate of drug-likeness (QED) is 0.852. The fraction of sp³-hybridized carbons (Fsp3) is 0.538. The maximum Gasteiger partial charge on any atom is 0.123 e. The Labute approximate surface area is 95.6 Å². The first-order chi connectivity index (χ1) is 7.77. The van der Waals surface area contributed by atoms with Crippen LogP contribution in [0.3, 0.4) is 0 Å². The van der Waals surface area contributed by atoms with Gasteiger partial charge in [0.1, 0.15) is 5.82 Å². The van der Waals surface area contributed by atoms with E-state index in [9.17, 15) is 4.39 Å². The number of rotatable bonds is 3. The van der Waals surface area contributed by atoms with E-state index in [0.717, 1.165) is 38.0 Å². The topological polar surface area (TPSA) is 35.2 Å². The third kappa shape index (κ3) is 2.25. The molecule has 2 N–H and O–H groups in total. The lowest BCUT2D eigenvalue weighted by molar-refractivity contribution is 0.0476. The Morgan fingerprint density at radius 2 is 2.06 bits per heavy atom. The molecule has 2 rings (SSSR count). The molecule has 1 heterocycles. The molecule has 1 aromatic rings. The maximum atomic E-state index is 13.3. The molecule has 1 aliphatic heterocycles. The molecule has 1 aliphatic rings. The predicted octanol–water partition coefficient (Wildman–Crippen LogP) is 2.22. The van der Waals surface area contributed by atoms with Gasteiger partial charge in [-0.05, 0) is 43.5 Å². The van der Waals surface area contributed by atoms with Crippen molar-refractivity contribution in [3.63, 3.8) is 0 Å². The van der Waals surface area contributed by atoms with E-state index in [0.29, 0.717) is 6.54 Å². The Bertz CT molecular complexity index is 342. The summed E-state index contributed by atoms with van der Waals surface area (Å²) < 4.78 is 18.7. The van der Waals surface area contributed by atoms with Crippen molar-refractivity contribution in [1.82, 2.24) is 0 Å². The van der Waals surface area contributed by atoms with Gasteiger partial charge < -0.3 is 10.5 Å². The first-order valence-corrected chi connectivity index (χ1v) is 5.81. The van der Waals surface area contributed by atoms with Crippen LogP contribution in [0.4, 0.5) is 4.39 Å². The highest BCUT2D eigenvalue weighted by atomic mass is 19.1. The number of ether oxygens (including phenoxy) is 1. The van der Waals surface area contributed by atoms with Crippen LogP contribution in [0, 0.1) is 5.82 Å². The smallest absolute Gasteiger partial charge is 0.123 e. The fourth-order valence-electron chi connectivity index (χ4n) is 2.54. The van der Waals surface area contributed by atoms with Gasteiger partial charge in [0.05, 0.1) is 0 Å². The van der Waals surface area contributed by atoms with Gasteiger partial charge in [0.25, 0.3) is 0 Å². The minimum absolute atomic E-state index is 0.0229. The molecule has 0 amide bonds. The van der Waals surface area contributed by atoms with Crippen LogP contribution in [0.2, 0.25) is 0 Å². The van der Waals surface area contributed by atoms with E-state index in [4.69, 9.17) is 10.5 Å². The van der Waals surface area contributed by atoms with E-state index in [2.05, 4.69) is 0 Å². The lowest BCUT2D eigenvalue weighted by Gasteiger charge is -2.37. The van der Waals surface area contributed by atoms with Crippen LogP contribution < -0.4 is 5.73 Å². The molecule has 0 bridgehead atoms. The van der Waals surface area contributed by atoms with Crippen molar-refractivity contribution >= 4 is 0 Å². The normalized spacial score (nSPS) is 19.6. The number of benzene rings is 1. The molecule has 0 spiro atoms. The Hall–Kier alpha value is -0.930. The Morgan fingerprint density at radius 3 is 2.69 bits per heavy atom. The lowest BCUT2D eigenvalue weighted by atomic mass is 9.72. The molecule has 1 aromatic carbocycles. The molecule has 0 aliphatic carbocycles. The molecule has 88 valence electrons. The largest absolute Gasteiger partial charge is 0.381 e. The first-order valence-electron chi connectivity index (χ1n) is 5.81. The molecular weight excluding hydrogens is 205 g/mol. The molecule has 0 unspecified atom stereocenters. The van der Waals surface area contributed by atoms with Crippen LogP contribution in [0.25, 0.3) is 0 Å². The number of hydrogen-bond donors (Lipinski definition) is 1. The number of halogens is 1. The highest BCUT2D eigenvalue weighted by Gasteiger charge is 2.33. The minimum atomic E-state index is -0.166. The molecule has 0 radical (unpaired) electrons. The zero-order valence-electron chi connectivity index (χ0n) is 9.42. The van der Waals surface area contributed by atoms with Crippen molar-refractivity contribution in [3.8, 4) is 0 Å². The van der Waals surface area contributed by atoms with Crippen molar-refractivity contribution in [2.45, 2.75) is 24.7 Å². The van der Waals surface area contributed by atoms with Crippen LogP contribution in [0.15, 0.2) is 24.3 Å². The average Bonchev–Trinajstić information content (AvgIpc) is 2.31. The van der Waals surface area contributed by atoms with Crippen molar-refractivity contribution in [2.75, 3.05) is 19.8 Å². The van der Waals surface area contributed by atoms with Crippen LogP contribution in [-0.2, 0) is 10.2 Å². The van der Waals surface area contributed by atoms with Gasteiger partial charge in [-0.25, -0.2) is 4.39 Å². The van der Waals surface area contributed by atoms with Gasteiger partial charge in [0, 0.05) is 18.6 Å². The van der Waals surface area contributed by atoms with Gasteiger partial charge in [-0.15, -0.1) is 0 Å². The molecule has 0 atom stereocenters. The van der Waals surface area contributed by atoms with Gasteiger partial charge in [0.2, 0.25) is 0 Å². The lowest BCUT2D eigenvalue weighted by Crippen LogP contribution is -2.35. The number of hydrogen-bond acceptors (Lipinski definition) is 2. The third-order valence-corrected chi connectivity index (χ3v) is 3.51. The first kappa shape index (κ1) is 11.6. The summed E-state index contributed by atoms with van der Waals surface area (Å²) >= 11 is 0. The predicted molar refractivity (Wildman–Crippen MR) is 61.8 cm³/mol. The van der Waals surface area contributed by atoms with E-state index in [1.54, 1.807) is 12.1 Å². The van der Waals surface area contributed by atoms with E-state index >= 15 is 0 Å². The van der Waals surface area contributed by atoms with Crippen LogP contribution >= 0.6 is 0 Å². The molecule has 3 heteroatoms. The fourth-order valence-corrected chi connectivity index (χ4v) is 2.54. The van der Waals surface area contributed by atoms with Crippen LogP contribution in [-0.4, -0.2) is 19.8 Å². The molecule has 0 aromatic heterocycles. The van der Waals surface area contributed by atoms with Gasteiger partial charge in [-0.3, -0.25) is 0 Å². The van der Waals surface area contributed by atoms with Crippen LogP contribution in [0.5, 0.6) is 0 Å². The molecule has 16 heavy (non-hydrogen) atoms. The van der Waals surface area contributed by atoms with Crippen LogP contribution in [0.1, 0.15) is 24.8 Å². The molecule has 0 saturated carbocycles. The minimum Gasteiger partial charge on any atom is -0.381 e.